The lowest BCUT2D eigenvalue weighted by Crippen LogP contribution is -2.35. The Morgan fingerprint density at radius 3 is 2.50 bits per heavy atom. The second-order valence-electron chi connectivity index (χ2n) is 12.4. The van der Waals surface area contributed by atoms with Gasteiger partial charge in [0.15, 0.2) is 0 Å². The Bertz CT molecular complexity index is 1630. The average Bonchev–Trinajstić information content (AvgIpc) is 3.24. The van der Waals surface area contributed by atoms with E-state index in [-0.39, 0.29) is 17.5 Å². The van der Waals surface area contributed by atoms with Gasteiger partial charge in [0.2, 0.25) is 0 Å². The van der Waals surface area contributed by atoms with E-state index in [1.165, 1.54) is 12.1 Å². The molecule has 1 aliphatic carbocycles. The number of rotatable bonds is 7. The van der Waals surface area contributed by atoms with Crippen LogP contribution in [0.2, 0.25) is 0 Å². The number of pyridine rings is 1. The van der Waals surface area contributed by atoms with E-state index in [0.717, 1.165) is 40.8 Å². The van der Waals surface area contributed by atoms with Gasteiger partial charge in [-0.25, -0.2) is 9.59 Å². The number of nitrogens with zero attached hydrogens (tertiary/aromatic N) is 2. The standard InChI is InChI=1S/C34H35F3N2O5/c1-19-12-23(14-25(13-19)34(35,36)37)30-20(2)39(32(42)44-30)18-24-16-33(3,4)11-10-26(24)27-15-28(38-17-29(27)43-5)21-6-8-22(9-7-21)31(40)41/h6-9,12-15,17,20,30H,10-11,16,18H2,1-5H3,(H,40,41)/t20-,30-/m0/s1. The number of methoxy groups -OCH3 is 1. The maximum absolute atomic E-state index is 13.6. The lowest BCUT2D eigenvalue weighted by Gasteiger charge is -2.36. The predicted molar refractivity (Wildman–Crippen MR) is 159 cm³/mol. The first-order chi connectivity index (χ1) is 20.7. The molecular weight excluding hydrogens is 573 g/mol. The number of ether oxygens (including phenoxy) is 2. The first kappa shape index (κ1) is 31.1. The SMILES string of the molecule is COc1cnc(-c2ccc(C(=O)O)cc2)cc1C1=C(CN2C(=O)O[C@H](c3cc(C)cc(C(F)(F)F)c3)[C@@H]2C)CC(C)(C)CC1. The molecule has 1 amide bonds. The van der Waals surface area contributed by atoms with Gasteiger partial charge < -0.3 is 14.6 Å². The van der Waals surface area contributed by atoms with Gasteiger partial charge in [-0.2, -0.15) is 13.2 Å². The molecule has 0 bridgehead atoms. The van der Waals surface area contributed by atoms with E-state index >= 15 is 0 Å². The Morgan fingerprint density at radius 2 is 1.86 bits per heavy atom. The molecule has 7 nitrogen and oxygen atoms in total. The first-order valence-corrected chi connectivity index (χ1v) is 14.4. The molecule has 1 fully saturated rings. The van der Waals surface area contributed by atoms with Gasteiger partial charge in [0.25, 0.3) is 0 Å². The quantitative estimate of drug-likeness (QED) is 0.290. The number of carboxylic acids is 1. The van der Waals surface area contributed by atoms with Crippen LogP contribution in [0.25, 0.3) is 16.8 Å². The van der Waals surface area contributed by atoms with Crippen LogP contribution in [0.1, 0.15) is 78.7 Å². The number of carbonyl (C=O) groups is 2. The van der Waals surface area contributed by atoms with Gasteiger partial charge in [0.1, 0.15) is 11.9 Å². The topological polar surface area (TPSA) is 89.0 Å². The number of benzene rings is 2. The third-order valence-corrected chi connectivity index (χ3v) is 8.52. The van der Waals surface area contributed by atoms with Crippen molar-refractivity contribution >= 4 is 17.6 Å². The lowest BCUT2D eigenvalue weighted by atomic mass is 9.72. The molecule has 0 saturated carbocycles. The van der Waals surface area contributed by atoms with Gasteiger partial charge in [-0.1, -0.05) is 37.6 Å². The summed E-state index contributed by atoms with van der Waals surface area (Å²) in [4.78, 5) is 30.7. The molecule has 2 heterocycles. The Kier molecular flexibility index (Phi) is 8.22. The monoisotopic (exact) mass is 608 g/mol. The van der Waals surface area contributed by atoms with Crippen LogP contribution in [-0.4, -0.2) is 46.7 Å². The van der Waals surface area contributed by atoms with Crippen molar-refractivity contribution in [1.82, 2.24) is 9.88 Å². The molecule has 1 aliphatic heterocycles. The third-order valence-electron chi connectivity index (χ3n) is 8.52. The number of aromatic nitrogens is 1. The highest BCUT2D eigenvalue weighted by molar-refractivity contribution is 5.88. The van der Waals surface area contributed by atoms with Crippen LogP contribution in [-0.2, 0) is 10.9 Å². The normalized spacial score (nSPS) is 20.1. The van der Waals surface area contributed by atoms with Gasteiger partial charge >= 0.3 is 18.2 Å². The Morgan fingerprint density at radius 1 is 1.16 bits per heavy atom. The summed E-state index contributed by atoms with van der Waals surface area (Å²) >= 11 is 0. The molecule has 2 aliphatic rings. The van der Waals surface area contributed by atoms with E-state index < -0.39 is 35.9 Å². The lowest BCUT2D eigenvalue weighted by molar-refractivity contribution is -0.137. The molecule has 1 aromatic heterocycles. The van der Waals surface area contributed by atoms with Crippen LogP contribution in [0.5, 0.6) is 5.75 Å². The summed E-state index contributed by atoms with van der Waals surface area (Å²) in [6.45, 7) is 7.98. The van der Waals surface area contributed by atoms with Crippen LogP contribution in [0.4, 0.5) is 18.0 Å². The van der Waals surface area contributed by atoms with Crippen molar-refractivity contribution in [3.8, 4) is 17.0 Å². The molecule has 2 aromatic carbocycles. The molecule has 44 heavy (non-hydrogen) atoms. The van der Waals surface area contributed by atoms with Crippen LogP contribution < -0.4 is 4.74 Å². The number of alkyl halides is 3. The number of aromatic carboxylic acids is 1. The summed E-state index contributed by atoms with van der Waals surface area (Å²) in [5.41, 5.74) is 4.36. The Hall–Kier alpha value is -4.34. The van der Waals surface area contributed by atoms with Gasteiger partial charge in [-0.15, -0.1) is 0 Å². The minimum absolute atomic E-state index is 0.0426. The Labute approximate surface area is 254 Å². The second-order valence-corrected chi connectivity index (χ2v) is 12.4. The summed E-state index contributed by atoms with van der Waals surface area (Å²) in [6.07, 6.45) is -1.99. The number of hydrogen-bond acceptors (Lipinski definition) is 5. The highest BCUT2D eigenvalue weighted by Crippen LogP contribution is 2.46. The molecule has 0 radical (unpaired) electrons. The maximum atomic E-state index is 13.6. The number of hydrogen-bond donors (Lipinski definition) is 1. The molecule has 3 aromatic rings. The molecule has 0 spiro atoms. The van der Waals surface area contributed by atoms with E-state index in [9.17, 15) is 27.9 Å². The number of carbonyl (C=O) groups excluding carboxylic acids is 1. The zero-order chi connectivity index (χ0) is 32.0. The summed E-state index contributed by atoms with van der Waals surface area (Å²) < 4.78 is 52.1. The Balaban J connectivity index is 1.52. The predicted octanol–water partition coefficient (Wildman–Crippen LogP) is 8.33. The fourth-order valence-electron chi connectivity index (χ4n) is 6.18. The van der Waals surface area contributed by atoms with Crippen molar-refractivity contribution in [2.75, 3.05) is 13.7 Å². The summed E-state index contributed by atoms with van der Waals surface area (Å²) in [7, 11) is 1.57. The molecular formula is C34H35F3N2O5. The average molecular weight is 609 g/mol. The van der Waals surface area contributed by atoms with E-state index in [2.05, 4.69) is 18.8 Å². The number of halogens is 3. The fourth-order valence-corrected chi connectivity index (χ4v) is 6.18. The van der Waals surface area contributed by atoms with Gasteiger partial charge in [-0.3, -0.25) is 9.88 Å². The van der Waals surface area contributed by atoms with Gasteiger partial charge in [0.05, 0.1) is 36.2 Å². The molecule has 5 rings (SSSR count). The fraction of sp³-hybridized carbons (Fsp3) is 0.382. The number of aryl methyl sites for hydroxylation is 1. The smallest absolute Gasteiger partial charge is 0.416 e. The van der Waals surface area contributed by atoms with Gasteiger partial charge in [0, 0.05) is 17.7 Å². The van der Waals surface area contributed by atoms with Crippen LogP contribution in [0.3, 0.4) is 0 Å². The highest BCUT2D eigenvalue weighted by Gasteiger charge is 2.42. The third kappa shape index (κ3) is 6.30. The molecule has 10 heteroatoms. The zero-order valence-corrected chi connectivity index (χ0v) is 25.3. The first-order valence-electron chi connectivity index (χ1n) is 14.4. The summed E-state index contributed by atoms with van der Waals surface area (Å²) in [6, 6.07) is 11.7. The van der Waals surface area contributed by atoms with E-state index in [1.54, 1.807) is 50.3 Å². The van der Waals surface area contributed by atoms with Gasteiger partial charge in [-0.05, 0) is 85.6 Å². The molecule has 232 valence electrons. The minimum Gasteiger partial charge on any atom is -0.495 e. The number of allylic oxidation sites excluding steroid dienone is 1. The molecule has 1 saturated heterocycles. The van der Waals surface area contributed by atoms with E-state index in [1.807, 2.05) is 6.07 Å². The largest absolute Gasteiger partial charge is 0.495 e. The summed E-state index contributed by atoms with van der Waals surface area (Å²) in [5, 5.41) is 9.27. The van der Waals surface area contributed by atoms with Crippen LogP contribution in [0, 0.1) is 12.3 Å². The van der Waals surface area contributed by atoms with Crippen molar-refractivity contribution in [3.05, 3.63) is 88.1 Å². The van der Waals surface area contributed by atoms with Crippen molar-refractivity contribution in [1.29, 1.82) is 0 Å². The molecule has 1 N–H and O–H groups in total. The molecule has 2 atom stereocenters. The van der Waals surface area contributed by atoms with Crippen LogP contribution in [0.15, 0.2) is 60.3 Å². The minimum atomic E-state index is -4.51. The van der Waals surface area contributed by atoms with Crippen molar-refractivity contribution < 1.29 is 37.3 Å². The van der Waals surface area contributed by atoms with Crippen molar-refractivity contribution in [2.45, 2.75) is 65.3 Å². The van der Waals surface area contributed by atoms with Crippen molar-refractivity contribution in [2.24, 2.45) is 5.41 Å². The number of cyclic esters (lactones) is 1. The van der Waals surface area contributed by atoms with E-state index in [4.69, 9.17) is 9.47 Å². The second kappa shape index (κ2) is 11.6. The van der Waals surface area contributed by atoms with Crippen molar-refractivity contribution in [3.63, 3.8) is 0 Å². The molecule has 0 unspecified atom stereocenters. The zero-order valence-electron chi connectivity index (χ0n) is 25.3. The number of carboxylic acid groups (broad SMARTS) is 1. The van der Waals surface area contributed by atoms with Crippen LogP contribution >= 0.6 is 0 Å². The maximum Gasteiger partial charge on any atom is 0.416 e. The highest BCUT2D eigenvalue weighted by atomic mass is 19.4. The number of amides is 1. The van der Waals surface area contributed by atoms with E-state index in [0.29, 0.717) is 35.4 Å². The summed E-state index contributed by atoms with van der Waals surface area (Å²) in [5.74, 6) is -0.447.